The van der Waals surface area contributed by atoms with Crippen molar-refractivity contribution in [2.24, 2.45) is 7.05 Å². The van der Waals surface area contributed by atoms with Crippen LogP contribution in [0.25, 0.3) is 0 Å². The Morgan fingerprint density at radius 1 is 1.43 bits per heavy atom. The van der Waals surface area contributed by atoms with Crippen molar-refractivity contribution in [1.29, 1.82) is 0 Å². The summed E-state index contributed by atoms with van der Waals surface area (Å²) in [6.45, 7) is 7.22. The Morgan fingerprint density at radius 2 is 2.10 bits per heavy atom. The summed E-state index contributed by atoms with van der Waals surface area (Å²) in [6, 6.07) is 3.49. The van der Waals surface area contributed by atoms with Crippen molar-refractivity contribution in [2.45, 2.75) is 33.3 Å². The fourth-order valence-corrected chi connectivity index (χ4v) is 2.28. The summed E-state index contributed by atoms with van der Waals surface area (Å²) < 4.78 is 7.06. The lowest BCUT2D eigenvalue weighted by atomic mass is 9.96. The van der Waals surface area contributed by atoms with E-state index in [-0.39, 0.29) is 12.5 Å². The molecule has 6 nitrogen and oxygen atoms in total. The van der Waals surface area contributed by atoms with E-state index in [0.29, 0.717) is 17.0 Å². The van der Waals surface area contributed by atoms with Crippen LogP contribution in [0.3, 0.4) is 0 Å². The normalized spacial score (nSPS) is 14.0. The minimum atomic E-state index is -1.19. The number of hydrogen-bond acceptors (Lipinski definition) is 4. The number of aryl methyl sites for hydroxylation is 4. The van der Waals surface area contributed by atoms with Crippen LogP contribution in [0, 0.1) is 20.8 Å². The second kappa shape index (κ2) is 5.37. The van der Waals surface area contributed by atoms with E-state index in [9.17, 15) is 9.90 Å². The van der Waals surface area contributed by atoms with E-state index in [0.717, 1.165) is 11.5 Å². The Hall–Kier alpha value is -2.08. The van der Waals surface area contributed by atoms with Gasteiger partial charge in [-0.3, -0.25) is 9.48 Å². The summed E-state index contributed by atoms with van der Waals surface area (Å²) in [5.74, 6) is 1.08. The Labute approximate surface area is 123 Å². The van der Waals surface area contributed by atoms with Gasteiger partial charge in [-0.15, -0.1) is 0 Å². The van der Waals surface area contributed by atoms with Crippen LogP contribution >= 0.6 is 0 Å². The van der Waals surface area contributed by atoms with Gasteiger partial charge in [-0.05, 0) is 39.8 Å². The molecule has 0 bridgehead atoms. The van der Waals surface area contributed by atoms with Crippen LogP contribution in [-0.4, -0.2) is 27.3 Å². The molecule has 0 spiro atoms. The summed E-state index contributed by atoms with van der Waals surface area (Å²) in [6.07, 6.45) is 0. The lowest BCUT2D eigenvalue weighted by Gasteiger charge is -2.23. The number of carbonyl (C=O) groups is 1. The summed E-state index contributed by atoms with van der Waals surface area (Å²) >= 11 is 0. The molecule has 0 aliphatic heterocycles. The van der Waals surface area contributed by atoms with Gasteiger partial charge in [0, 0.05) is 18.3 Å². The second-order valence-electron chi connectivity index (χ2n) is 5.58. The van der Waals surface area contributed by atoms with Gasteiger partial charge in [-0.2, -0.15) is 5.10 Å². The van der Waals surface area contributed by atoms with Crippen LogP contribution in [0.15, 0.2) is 16.5 Å². The maximum Gasteiger partial charge on any atom is 0.271 e. The molecule has 0 aromatic carbocycles. The first-order chi connectivity index (χ1) is 9.70. The Balaban J connectivity index is 2.08. The Bertz CT molecular complexity index is 648. The standard InChI is InChI=1S/C15H21N3O3/c1-9-6-13(17-18(9)5)14(19)16-8-15(4,20)12-7-10(2)21-11(12)3/h6-7,20H,8H2,1-5H3,(H,16,19). The minimum absolute atomic E-state index is 0.0846. The highest BCUT2D eigenvalue weighted by Gasteiger charge is 2.28. The van der Waals surface area contributed by atoms with Gasteiger partial charge in [0.1, 0.15) is 22.8 Å². The molecule has 0 saturated heterocycles. The zero-order valence-corrected chi connectivity index (χ0v) is 13.0. The van der Waals surface area contributed by atoms with E-state index < -0.39 is 5.60 Å². The van der Waals surface area contributed by atoms with Crippen LogP contribution in [0.4, 0.5) is 0 Å². The van der Waals surface area contributed by atoms with Crippen molar-refractivity contribution in [3.63, 3.8) is 0 Å². The summed E-state index contributed by atoms with van der Waals surface area (Å²) in [5.41, 5.74) is 0.720. The number of hydrogen-bond donors (Lipinski definition) is 2. The predicted molar refractivity (Wildman–Crippen MR) is 78.0 cm³/mol. The molecule has 0 aliphatic carbocycles. The maximum atomic E-state index is 12.1. The second-order valence-corrected chi connectivity index (χ2v) is 5.58. The average molecular weight is 291 g/mol. The molecule has 0 aliphatic rings. The summed E-state index contributed by atoms with van der Waals surface area (Å²) in [7, 11) is 1.78. The van der Waals surface area contributed by atoms with E-state index in [1.54, 1.807) is 37.7 Å². The van der Waals surface area contributed by atoms with Gasteiger partial charge in [0.25, 0.3) is 5.91 Å². The number of carbonyl (C=O) groups excluding carboxylic acids is 1. The molecule has 21 heavy (non-hydrogen) atoms. The molecule has 0 saturated carbocycles. The van der Waals surface area contributed by atoms with E-state index in [1.165, 1.54) is 0 Å². The highest BCUT2D eigenvalue weighted by molar-refractivity contribution is 5.92. The smallest absolute Gasteiger partial charge is 0.271 e. The fourth-order valence-electron chi connectivity index (χ4n) is 2.28. The quantitative estimate of drug-likeness (QED) is 0.896. The van der Waals surface area contributed by atoms with Crippen molar-refractivity contribution in [3.05, 3.63) is 40.6 Å². The third-order valence-electron chi connectivity index (χ3n) is 3.56. The average Bonchev–Trinajstić information content (AvgIpc) is 2.90. The molecule has 2 heterocycles. The maximum absolute atomic E-state index is 12.1. The third-order valence-corrected chi connectivity index (χ3v) is 3.56. The topological polar surface area (TPSA) is 80.3 Å². The molecule has 0 radical (unpaired) electrons. The summed E-state index contributed by atoms with van der Waals surface area (Å²) in [5, 5.41) is 17.4. The monoisotopic (exact) mass is 291 g/mol. The predicted octanol–water partition coefficient (Wildman–Crippen LogP) is 1.58. The molecule has 1 unspecified atom stereocenters. The molecule has 114 valence electrons. The molecule has 1 atom stereocenters. The van der Waals surface area contributed by atoms with Crippen LogP contribution in [0.1, 0.15) is 40.2 Å². The number of nitrogens with zero attached hydrogens (tertiary/aromatic N) is 2. The van der Waals surface area contributed by atoms with Crippen LogP contribution in [0.5, 0.6) is 0 Å². The van der Waals surface area contributed by atoms with Crippen molar-refractivity contribution in [3.8, 4) is 0 Å². The first-order valence-electron chi connectivity index (χ1n) is 6.79. The molecule has 2 aromatic heterocycles. The molecular weight excluding hydrogens is 270 g/mol. The van der Waals surface area contributed by atoms with E-state index in [2.05, 4.69) is 10.4 Å². The van der Waals surface area contributed by atoms with E-state index in [4.69, 9.17) is 4.42 Å². The number of rotatable bonds is 4. The zero-order chi connectivity index (χ0) is 15.8. The minimum Gasteiger partial charge on any atom is -0.466 e. The fraction of sp³-hybridized carbons (Fsp3) is 0.467. The molecule has 2 rings (SSSR count). The molecule has 0 fully saturated rings. The van der Waals surface area contributed by atoms with Crippen LogP contribution < -0.4 is 5.32 Å². The van der Waals surface area contributed by atoms with Crippen LogP contribution in [0.2, 0.25) is 0 Å². The van der Waals surface area contributed by atoms with Gasteiger partial charge in [-0.1, -0.05) is 0 Å². The molecule has 2 N–H and O–H groups in total. The van der Waals surface area contributed by atoms with Gasteiger partial charge >= 0.3 is 0 Å². The number of aromatic nitrogens is 2. The van der Waals surface area contributed by atoms with Gasteiger partial charge in [0.15, 0.2) is 0 Å². The van der Waals surface area contributed by atoms with Crippen molar-refractivity contribution in [1.82, 2.24) is 15.1 Å². The van der Waals surface area contributed by atoms with Gasteiger partial charge < -0.3 is 14.8 Å². The number of furan rings is 1. The molecule has 6 heteroatoms. The van der Waals surface area contributed by atoms with E-state index in [1.807, 2.05) is 13.8 Å². The lowest BCUT2D eigenvalue weighted by Crippen LogP contribution is -2.39. The lowest BCUT2D eigenvalue weighted by molar-refractivity contribution is 0.0512. The van der Waals surface area contributed by atoms with Crippen molar-refractivity contribution < 1.29 is 14.3 Å². The van der Waals surface area contributed by atoms with E-state index >= 15 is 0 Å². The van der Waals surface area contributed by atoms with Gasteiger partial charge in [0.05, 0.1) is 6.54 Å². The first kappa shape index (κ1) is 15.3. The van der Waals surface area contributed by atoms with Crippen molar-refractivity contribution in [2.75, 3.05) is 6.54 Å². The molecule has 1 amide bonds. The SMILES string of the molecule is Cc1cc(C(C)(O)CNC(=O)c2cc(C)n(C)n2)c(C)o1. The van der Waals surface area contributed by atoms with Crippen molar-refractivity contribution >= 4 is 5.91 Å². The number of amides is 1. The number of nitrogens with one attached hydrogen (secondary N) is 1. The molecule has 2 aromatic rings. The molecular formula is C15H21N3O3. The Kier molecular flexibility index (Phi) is 3.91. The largest absolute Gasteiger partial charge is 0.466 e. The highest BCUT2D eigenvalue weighted by Crippen LogP contribution is 2.26. The highest BCUT2D eigenvalue weighted by atomic mass is 16.3. The van der Waals surface area contributed by atoms with Gasteiger partial charge in [-0.25, -0.2) is 0 Å². The Morgan fingerprint density at radius 3 is 2.57 bits per heavy atom. The zero-order valence-electron chi connectivity index (χ0n) is 13.0. The van der Waals surface area contributed by atoms with Gasteiger partial charge in [0.2, 0.25) is 0 Å². The number of aliphatic hydroxyl groups is 1. The summed E-state index contributed by atoms with van der Waals surface area (Å²) in [4.78, 5) is 12.1. The first-order valence-corrected chi connectivity index (χ1v) is 6.79. The third kappa shape index (κ3) is 3.16. The van der Waals surface area contributed by atoms with Crippen LogP contribution in [-0.2, 0) is 12.6 Å².